The second-order valence-electron chi connectivity index (χ2n) is 7.16. The fourth-order valence-corrected chi connectivity index (χ4v) is 3.79. The molecule has 0 spiro atoms. The number of rotatable bonds is 6. The molecule has 1 fully saturated rings. The van der Waals surface area contributed by atoms with E-state index in [1.807, 2.05) is 33.0 Å². The summed E-state index contributed by atoms with van der Waals surface area (Å²) >= 11 is 1.64. The molecular formula is C21H29IN6O2S. The Morgan fingerprint density at radius 2 is 2.10 bits per heavy atom. The normalized spacial score (nSPS) is 14.0. The molecule has 1 aliphatic rings. The third kappa shape index (κ3) is 7.17. The van der Waals surface area contributed by atoms with Crippen LogP contribution >= 0.6 is 35.3 Å². The van der Waals surface area contributed by atoms with Crippen LogP contribution in [0.25, 0.3) is 0 Å². The van der Waals surface area contributed by atoms with Crippen LogP contribution < -0.4 is 10.6 Å². The standard InChI is InChI=1S/C21H28N6O2S.HI/c1-4-22-21(26(3)12-18-14-30-15(2)25-18)24-11-16-5-7-17(8-6-16)20(29)27-10-9-23-19(28)13-27;/h5-8,14H,4,9-13H2,1-3H3,(H,22,24)(H,23,28);1H. The number of aromatic nitrogens is 1. The van der Waals surface area contributed by atoms with Gasteiger partial charge in [-0.15, -0.1) is 35.3 Å². The fourth-order valence-electron chi connectivity index (χ4n) is 3.18. The van der Waals surface area contributed by atoms with Crippen LogP contribution in [0.5, 0.6) is 0 Å². The average Bonchev–Trinajstić information content (AvgIpc) is 3.15. The number of nitrogens with zero attached hydrogens (tertiary/aromatic N) is 4. The van der Waals surface area contributed by atoms with E-state index >= 15 is 0 Å². The fraction of sp³-hybridized carbons (Fsp3) is 0.429. The van der Waals surface area contributed by atoms with E-state index in [4.69, 9.17) is 4.99 Å². The molecule has 0 unspecified atom stereocenters. The van der Waals surface area contributed by atoms with Crippen molar-refractivity contribution in [2.75, 3.05) is 33.2 Å². The number of halogens is 1. The zero-order valence-electron chi connectivity index (χ0n) is 18.1. The quantitative estimate of drug-likeness (QED) is 0.324. The molecule has 1 aromatic carbocycles. The molecule has 2 aromatic rings. The Hall–Kier alpha value is -2.21. The minimum absolute atomic E-state index is 0. The van der Waals surface area contributed by atoms with Crippen molar-refractivity contribution in [1.82, 2.24) is 25.4 Å². The van der Waals surface area contributed by atoms with Crippen molar-refractivity contribution in [3.63, 3.8) is 0 Å². The van der Waals surface area contributed by atoms with E-state index in [1.54, 1.807) is 28.4 Å². The lowest BCUT2D eigenvalue weighted by molar-refractivity contribution is -0.123. The van der Waals surface area contributed by atoms with Gasteiger partial charge in [0, 0.05) is 37.6 Å². The van der Waals surface area contributed by atoms with Gasteiger partial charge in [-0.1, -0.05) is 12.1 Å². The molecule has 0 bridgehead atoms. The van der Waals surface area contributed by atoms with Crippen molar-refractivity contribution in [2.24, 2.45) is 4.99 Å². The molecule has 1 saturated heterocycles. The smallest absolute Gasteiger partial charge is 0.254 e. The molecule has 2 N–H and O–H groups in total. The van der Waals surface area contributed by atoms with E-state index in [2.05, 4.69) is 25.9 Å². The average molecular weight is 556 g/mol. The van der Waals surface area contributed by atoms with Gasteiger partial charge in [0.1, 0.15) is 0 Å². The topological polar surface area (TPSA) is 89.9 Å². The van der Waals surface area contributed by atoms with Gasteiger partial charge in [-0.25, -0.2) is 9.98 Å². The van der Waals surface area contributed by atoms with Crippen LogP contribution in [0.2, 0.25) is 0 Å². The second-order valence-corrected chi connectivity index (χ2v) is 8.22. The Labute approximate surface area is 204 Å². The van der Waals surface area contributed by atoms with Gasteiger partial charge in [-0.3, -0.25) is 9.59 Å². The monoisotopic (exact) mass is 556 g/mol. The number of guanidine groups is 1. The Bertz CT molecular complexity index is 915. The highest BCUT2D eigenvalue weighted by atomic mass is 127. The van der Waals surface area contributed by atoms with Gasteiger partial charge in [0.05, 0.1) is 30.3 Å². The number of thiazole rings is 1. The SMILES string of the molecule is CCNC(=NCc1ccc(C(=O)N2CCNC(=O)C2)cc1)N(C)Cc1csc(C)n1.I. The molecule has 8 nitrogen and oxygen atoms in total. The number of nitrogens with one attached hydrogen (secondary N) is 2. The predicted molar refractivity (Wildman–Crippen MR) is 134 cm³/mol. The lowest BCUT2D eigenvalue weighted by Crippen LogP contribution is -2.49. The molecule has 0 saturated carbocycles. The number of amides is 2. The van der Waals surface area contributed by atoms with Crippen molar-refractivity contribution in [2.45, 2.75) is 26.9 Å². The summed E-state index contributed by atoms with van der Waals surface area (Å²) in [5.74, 6) is 0.572. The first-order chi connectivity index (χ1) is 14.5. The molecular weight excluding hydrogens is 527 g/mol. The maximum atomic E-state index is 12.6. The second kappa shape index (κ2) is 12.0. The molecule has 1 aromatic heterocycles. The van der Waals surface area contributed by atoms with E-state index in [-0.39, 0.29) is 42.3 Å². The number of carbonyl (C=O) groups excluding carboxylic acids is 2. The highest BCUT2D eigenvalue weighted by Gasteiger charge is 2.22. The number of piperazine rings is 1. The summed E-state index contributed by atoms with van der Waals surface area (Å²) in [4.78, 5) is 36.9. The van der Waals surface area contributed by atoms with E-state index in [0.717, 1.165) is 28.8 Å². The molecule has 0 atom stereocenters. The summed E-state index contributed by atoms with van der Waals surface area (Å²) < 4.78 is 0. The van der Waals surface area contributed by atoms with Crippen LogP contribution in [0, 0.1) is 6.92 Å². The van der Waals surface area contributed by atoms with Crippen molar-refractivity contribution in [3.8, 4) is 0 Å². The summed E-state index contributed by atoms with van der Waals surface area (Å²) in [7, 11) is 1.99. The van der Waals surface area contributed by atoms with Crippen LogP contribution in [0.1, 0.15) is 33.5 Å². The minimum atomic E-state index is -0.119. The molecule has 2 heterocycles. The zero-order chi connectivity index (χ0) is 21.5. The molecule has 0 aliphatic carbocycles. The van der Waals surface area contributed by atoms with Crippen LogP contribution in [-0.2, 0) is 17.9 Å². The van der Waals surface area contributed by atoms with Gasteiger partial charge >= 0.3 is 0 Å². The molecule has 3 rings (SSSR count). The van der Waals surface area contributed by atoms with E-state index in [9.17, 15) is 9.59 Å². The number of hydrogen-bond donors (Lipinski definition) is 2. The molecule has 31 heavy (non-hydrogen) atoms. The first kappa shape index (κ1) is 25.1. The van der Waals surface area contributed by atoms with Crippen LogP contribution in [0.15, 0.2) is 34.6 Å². The van der Waals surface area contributed by atoms with E-state index in [0.29, 0.717) is 31.7 Å². The van der Waals surface area contributed by atoms with Crippen molar-refractivity contribution >= 4 is 53.1 Å². The van der Waals surface area contributed by atoms with Gasteiger partial charge in [0.2, 0.25) is 5.91 Å². The number of aliphatic imine (C=N–C) groups is 1. The summed E-state index contributed by atoms with van der Waals surface area (Å²) in [5.41, 5.74) is 2.62. The first-order valence-corrected chi connectivity index (χ1v) is 10.9. The van der Waals surface area contributed by atoms with Gasteiger partial charge in [-0.2, -0.15) is 0 Å². The van der Waals surface area contributed by atoms with Crippen molar-refractivity contribution in [1.29, 1.82) is 0 Å². The highest BCUT2D eigenvalue weighted by Crippen LogP contribution is 2.12. The Balaban J connectivity index is 0.00000341. The zero-order valence-corrected chi connectivity index (χ0v) is 21.2. The Morgan fingerprint density at radius 1 is 1.35 bits per heavy atom. The van der Waals surface area contributed by atoms with Crippen LogP contribution in [0.4, 0.5) is 0 Å². The third-order valence-corrected chi connectivity index (χ3v) is 5.52. The summed E-state index contributed by atoms with van der Waals surface area (Å²) in [5, 5.41) is 9.16. The molecule has 1 aliphatic heterocycles. The summed E-state index contributed by atoms with van der Waals surface area (Å²) in [6.45, 7) is 7.15. The van der Waals surface area contributed by atoms with Crippen molar-refractivity contribution in [3.05, 3.63) is 51.5 Å². The van der Waals surface area contributed by atoms with Gasteiger partial charge < -0.3 is 20.4 Å². The number of aryl methyl sites for hydroxylation is 1. The van der Waals surface area contributed by atoms with E-state index in [1.165, 1.54) is 0 Å². The van der Waals surface area contributed by atoms with E-state index < -0.39 is 0 Å². The third-order valence-electron chi connectivity index (χ3n) is 4.70. The molecule has 0 radical (unpaired) electrons. The molecule has 2 amide bonds. The van der Waals surface area contributed by atoms with Gasteiger partial charge in [0.25, 0.3) is 5.91 Å². The molecule has 10 heteroatoms. The predicted octanol–water partition coefficient (Wildman–Crippen LogP) is 2.24. The number of hydrogen-bond acceptors (Lipinski definition) is 5. The Kier molecular flexibility index (Phi) is 9.69. The van der Waals surface area contributed by atoms with Crippen LogP contribution in [0.3, 0.4) is 0 Å². The van der Waals surface area contributed by atoms with Gasteiger partial charge in [-0.05, 0) is 31.5 Å². The minimum Gasteiger partial charge on any atom is -0.357 e. The first-order valence-electron chi connectivity index (χ1n) is 10.0. The largest absolute Gasteiger partial charge is 0.357 e. The van der Waals surface area contributed by atoms with Crippen molar-refractivity contribution < 1.29 is 9.59 Å². The highest BCUT2D eigenvalue weighted by molar-refractivity contribution is 14.0. The number of benzene rings is 1. The Morgan fingerprint density at radius 3 is 2.71 bits per heavy atom. The lowest BCUT2D eigenvalue weighted by atomic mass is 10.1. The maximum Gasteiger partial charge on any atom is 0.254 e. The summed E-state index contributed by atoms with van der Waals surface area (Å²) in [6, 6.07) is 7.42. The summed E-state index contributed by atoms with van der Waals surface area (Å²) in [6.07, 6.45) is 0. The van der Waals surface area contributed by atoms with Crippen LogP contribution in [-0.4, -0.2) is 65.8 Å². The maximum absolute atomic E-state index is 12.6. The van der Waals surface area contributed by atoms with Gasteiger partial charge in [0.15, 0.2) is 5.96 Å². The lowest BCUT2D eigenvalue weighted by Gasteiger charge is -2.26. The molecule has 168 valence electrons. The number of carbonyl (C=O) groups is 2.